The van der Waals surface area contributed by atoms with Crippen LogP contribution in [-0.2, 0) is 14.8 Å². The van der Waals surface area contributed by atoms with Crippen molar-refractivity contribution in [3.63, 3.8) is 0 Å². The van der Waals surface area contributed by atoms with E-state index >= 15 is 0 Å². The highest BCUT2D eigenvalue weighted by atomic mass is 32.2. The van der Waals surface area contributed by atoms with Gasteiger partial charge in [0.05, 0.1) is 17.1 Å². The second-order valence-electron chi connectivity index (χ2n) is 10.4. The van der Waals surface area contributed by atoms with Crippen LogP contribution in [0.15, 0.2) is 71.6 Å². The lowest BCUT2D eigenvalue weighted by Crippen LogP contribution is -2.68. The SMILES string of the molecule is COCC1[C@@H](c2ccc(-c3cccc(C)c3C)cc2)C2CN(S(=O)(=O)c3ccccc3C#N)CCCCN12. The predicted octanol–water partition coefficient (Wildman–Crippen LogP) is 5.11. The highest BCUT2D eigenvalue weighted by Gasteiger charge is 2.50. The molecule has 38 heavy (non-hydrogen) atoms. The molecule has 3 aromatic rings. The Balaban J connectivity index is 1.46. The molecule has 0 aromatic heterocycles. The first-order valence-electron chi connectivity index (χ1n) is 13.3. The molecule has 0 saturated carbocycles. The van der Waals surface area contributed by atoms with Crippen molar-refractivity contribution in [3.8, 4) is 17.2 Å². The third-order valence-electron chi connectivity index (χ3n) is 8.32. The lowest BCUT2D eigenvalue weighted by Gasteiger charge is -2.57. The van der Waals surface area contributed by atoms with Gasteiger partial charge in [0, 0.05) is 38.2 Å². The van der Waals surface area contributed by atoms with E-state index in [1.807, 2.05) is 0 Å². The Morgan fingerprint density at radius 1 is 0.974 bits per heavy atom. The predicted molar refractivity (Wildman–Crippen MR) is 149 cm³/mol. The van der Waals surface area contributed by atoms with Gasteiger partial charge in [-0.15, -0.1) is 0 Å². The Morgan fingerprint density at radius 2 is 1.71 bits per heavy atom. The summed E-state index contributed by atoms with van der Waals surface area (Å²) in [4.78, 5) is 2.52. The first-order chi connectivity index (χ1) is 18.4. The monoisotopic (exact) mass is 529 g/mol. The van der Waals surface area contributed by atoms with Gasteiger partial charge in [-0.25, -0.2) is 8.42 Å². The molecule has 2 fully saturated rings. The molecule has 2 unspecified atom stereocenters. The minimum atomic E-state index is -3.80. The van der Waals surface area contributed by atoms with Crippen molar-refractivity contribution in [3.05, 3.63) is 89.0 Å². The fourth-order valence-corrected chi connectivity index (χ4v) is 7.79. The molecule has 2 saturated heterocycles. The van der Waals surface area contributed by atoms with Crippen molar-refractivity contribution in [2.45, 2.75) is 49.6 Å². The number of methoxy groups -OCH3 is 1. The average Bonchev–Trinajstić information content (AvgIpc) is 2.91. The molecule has 7 heteroatoms. The first-order valence-corrected chi connectivity index (χ1v) is 14.7. The molecule has 0 N–H and O–H groups in total. The van der Waals surface area contributed by atoms with E-state index in [1.165, 1.54) is 27.8 Å². The van der Waals surface area contributed by atoms with Gasteiger partial charge in [-0.3, -0.25) is 4.90 Å². The van der Waals surface area contributed by atoms with Gasteiger partial charge >= 0.3 is 0 Å². The summed E-state index contributed by atoms with van der Waals surface area (Å²) < 4.78 is 34.7. The fraction of sp³-hybridized carbons (Fsp3) is 0.387. The highest BCUT2D eigenvalue weighted by molar-refractivity contribution is 7.89. The average molecular weight is 530 g/mol. The Bertz CT molecular complexity index is 1450. The molecule has 0 aliphatic carbocycles. The Kier molecular flexibility index (Phi) is 7.69. The second kappa shape index (κ2) is 11.0. The fourth-order valence-electron chi connectivity index (χ4n) is 6.15. The molecular formula is C31H35N3O3S. The van der Waals surface area contributed by atoms with Gasteiger partial charge in [-0.05, 0) is 73.2 Å². The standard InChI is InChI=1S/C31H35N3O3S/c1-22-9-8-11-27(23(22)2)24-13-15-25(16-14-24)31-28-20-33(17-6-7-18-34(28)29(31)21-37-3)38(35,36)30-12-5-4-10-26(30)19-32/h4-5,8-16,28-29,31H,6-7,17-18,20-21H2,1-3H3/t28?,29?,31-/m0/s1. The highest BCUT2D eigenvalue weighted by Crippen LogP contribution is 2.43. The van der Waals surface area contributed by atoms with E-state index in [0.29, 0.717) is 19.7 Å². The van der Waals surface area contributed by atoms with Crippen LogP contribution in [-0.4, -0.2) is 63.1 Å². The Hall–Kier alpha value is -3.02. The van der Waals surface area contributed by atoms with E-state index in [4.69, 9.17) is 4.74 Å². The zero-order valence-electron chi connectivity index (χ0n) is 22.3. The van der Waals surface area contributed by atoms with E-state index in [9.17, 15) is 13.7 Å². The van der Waals surface area contributed by atoms with E-state index in [2.05, 4.69) is 67.3 Å². The number of hydrogen-bond acceptors (Lipinski definition) is 5. The van der Waals surface area contributed by atoms with E-state index in [1.54, 1.807) is 35.7 Å². The summed E-state index contributed by atoms with van der Waals surface area (Å²) in [6, 6.07) is 24.0. The van der Waals surface area contributed by atoms with Gasteiger partial charge in [0.2, 0.25) is 10.0 Å². The minimum Gasteiger partial charge on any atom is -0.383 e. The normalized spacial score (nSPS) is 22.5. The molecule has 0 radical (unpaired) electrons. The van der Waals surface area contributed by atoms with Crippen molar-refractivity contribution in [1.82, 2.24) is 9.21 Å². The van der Waals surface area contributed by atoms with Crippen LogP contribution in [0.5, 0.6) is 0 Å². The number of nitriles is 1. The van der Waals surface area contributed by atoms with Crippen LogP contribution in [0, 0.1) is 25.2 Å². The minimum absolute atomic E-state index is 0.0472. The number of fused-ring (bicyclic) bond motifs is 1. The molecule has 0 amide bonds. The molecule has 3 aromatic carbocycles. The molecule has 5 rings (SSSR count). The van der Waals surface area contributed by atoms with Crippen molar-refractivity contribution >= 4 is 10.0 Å². The number of rotatable bonds is 6. The van der Waals surface area contributed by atoms with Crippen molar-refractivity contribution in [2.75, 3.05) is 33.4 Å². The van der Waals surface area contributed by atoms with Crippen molar-refractivity contribution in [1.29, 1.82) is 5.26 Å². The first kappa shape index (κ1) is 26.6. The lowest BCUT2D eigenvalue weighted by molar-refractivity contribution is -0.0635. The van der Waals surface area contributed by atoms with Crippen LogP contribution in [0.1, 0.15) is 41.0 Å². The number of sulfonamides is 1. The molecule has 0 bridgehead atoms. The van der Waals surface area contributed by atoms with E-state index in [0.717, 1.165) is 19.4 Å². The largest absolute Gasteiger partial charge is 0.383 e. The molecule has 3 atom stereocenters. The van der Waals surface area contributed by atoms with Crippen LogP contribution in [0.4, 0.5) is 0 Å². The molecule has 2 aliphatic rings. The van der Waals surface area contributed by atoms with Crippen molar-refractivity contribution < 1.29 is 13.2 Å². The number of nitrogens with zero attached hydrogens (tertiary/aromatic N) is 3. The van der Waals surface area contributed by atoms with Gasteiger partial charge < -0.3 is 4.74 Å². The third kappa shape index (κ3) is 4.78. The van der Waals surface area contributed by atoms with E-state index in [-0.39, 0.29) is 28.5 Å². The summed E-state index contributed by atoms with van der Waals surface area (Å²) >= 11 is 0. The zero-order valence-corrected chi connectivity index (χ0v) is 23.1. The summed E-state index contributed by atoms with van der Waals surface area (Å²) in [5.41, 5.74) is 6.37. The smallest absolute Gasteiger partial charge is 0.244 e. The second-order valence-corrected chi connectivity index (χ2v) is 12.3. The van der Waals surface area contributed by atoms with Crippen LogP contribution < -0.4 is 0 Å². The summed E-state index contributed by atoms with van der Waals surface area (Å²) in [6.45, 7) is 6.67. The van der Waals surface area contributed by atoms with Gasteiger partial charge in [-0.1, -0.05) is 54.6 Å². The van der Waals surface area contributed by atoms with Gasteiger partial charge in [0.1, 0.15) is 6.07 Å². The Labute approximate surface area is 226 Å². The van der Waals surface area contributed by atoms with E-state index < -0.39 is 10.0 Å². The lowest BCUT2D eigenvalue weighted by atomic mass is 9.74. The molecule has 2 aliphatic heterocycles. The molecule has 0 spiro atoms. The number of ether oxygens (including phenoxy) is 1. The Morgan fingerprint density at radius 3 is 2.45 bits per heavy atom. The summed E-state index contributed by atoms with van der Waals surface area (Å²) in [7, 11) is -2.07. The van der Waals surface area contributed by atoms with Crippen molar-refractivity contribution in [2.24, 2.45) is 0 Å². The number of benzene rings is 3. The summed E-state index contributed by atoms with van der Waals surface area (Å²) in [6.07, 6.45) is 1.70. The van der Waals surface area contributed by atoms with Crippen LogP contribution in [0.3, 0.4) is 0 Å². The van der Waals surface area contributed by atoms with Gasteiger partial charge in [0.15, 0.2) is 0 Å². The molecule has 198 valence electrons. The third-order valence-corrected chi connectivity index (χ3v) is 10.2. The zero-order chi connectivity index (χ0) is 26.9. The van der Waals surface area contributed by atoms with Crippen LogP contribution >= 0.6 is 0 Å². The molecule has 2 heterocycles. The van der Waals surface area contributed by atoms with Gasteiger partial charge in [-0.2, -0.15) is 9.57 Å². The number of aryl methyl sites for hydroxylation is 1. The van der Waals surface area contributed by atoms with Gasteiger partial charge in [0.25, 0.3) is 0 Å². The topological polar surface area (TPSA) is 73.6 Å². The number of hydrogen-bond donors (Lipinski definition) is 0. The quantitative estimate of drug-likeness (QED) is 0.444. The maximum Gasteiger partial charge on any atom is 0.244 e. The summed E-state index contributed by atoms with van der Waals surface area (Å²) in [5.74, 6) is 0.157. The van der Waals surface area contributed by atoms with Crippen LogP contribution in [0.25, 0.3) is 11.1 Å². The summed E-state index contributed by atoms with van der Waals surface area (Å²) in [5, 5.41) is 9.55. The molecular weight excluding hydrogens is 494 g/mol. The maximum atomic E-state index is 13.8. The molecule has 6 nitrogen and oxygen atoms in total. The van der Waals surface area contributed by atoms with Crippen LogP contribution in [0.2, 0.25) is 0 Å². The maximum absolute atomic E-state index is 13.8.